The molecule has 0 saturated carbocycles. The summed E-state index contributed by atoms with van der Waals surface area (Å²) in [5.74, 6) is -0.108. The van der Waals surface area contributed by atoms with Gasteiger partial charge < -0.3 is 14.0 Å². The van der Waals surface area contributed by atoms with Crippen LogP contribution in [0.4, 0.5) is 0 Å². The van der Waals surface area contributed by atoms with Crippen molar-refractivity contribution < 1.29 is 14.3 Å². The molecule has 0 N–H and O–H groups in total. The molecular formula is C18H22N2O4. The highest BCUT2D eigenvalue weighted by Gasteiger charge is 2.23. The van der Waals surface area contributed by atoms with Gasteiger partial charge in [-0.05, 0) is 18.6 Å². The van der Waals surface area contributed by atoms with Gasteiger partial charge in [-0.2, -0.15) is 0 Å². The number of aromatic nitrogens is 2. The standard InChI is InChI=1S/C15H14N2O4.C3H8/c1-3-21-15(19)10-8-17-7-9-4-5-13(20-2)16-14(9)11(17)6-12(10)18;1-3-2/h4-6,8H,3,7H2,1-2H3;3H2,1-2H3. The first-order valence-electron chi connectivity index (χ1n) is 8.01. The van der Waals surface area contributed by atoms with Crippen LogP contribution in [0.25, 0.3) is 11.4 Å². The Hall–Kier alpha value is -2.63. The van der Waals surface area contributed by atoms with E-state index in [-0.39, 0.29) is 17.6 Å². The van der Waals surface area contributed by atoms with Gasteiger partial charge >= 0.3 is 5.97 Å². The van der Waals surface area contributed by atoms with Gasteiger partial charge in [-0.3, -0.25) is 4.79 Å². The number of carbonyl (C=O) groups excluding carboxylic acids is 1. The van der Waals surface area contributed by atoms with E-state index in [1.54, 1.807) is 20.1 Å². The van der Waals surface area contributed by atoms with Crippen molar-refractivity contribution in [3.8, 4) is 17.3 Å². The molecule has 0 aromatic carbocycles. The van der Waals surface area contributed by atoms with E-state index in [9.17, 15) is 9.59 Å². The van der Waals surface area contributed by atoms with E-state index in [2.05, 4.69) is 18.8 Å². The Morgan fingerprint density at radius 2 is 2.00 bits per heavy atom. The number of pyridine rings is 2. The molecule has 2 aromatic rings. The Bertz CT molecular complexity index is 796. The number of hydrogen-bond donors (Lipinski definition) is 0. The monoisotopic (exact) mass is 330 g/mol. The zero-order chi connectivity index (χ0) is 17.7. The maximum absolute atomic E-state index is 12.1. The largest absolute Gasteiger partial charge is 0.481 e. The Morgan fingerprint density at radius 1 is 1.29 bits per heavy atom. The van der Waals surface area contributed by atoms with Crippen molar-refractivity contribution >= 4 is 5.97 Å². The highest BCUT2D eigenvalue weighted by Crippen LogP contribution is 2.30. The van der Waals surface area contributed by atoms with E-state index in [0.29, 0.717) is 23.8 Å². The topological polar surface area (TPSA) is 70.4 Å². The molecule has 0 unspecified atom stereocenters. The molecule has 0 amide bonds. The van der Waals surface area contributed by atoms with Crippen molar-refractivity contribution in [2.75, 3.05) is 13.7 Å². The predicted octanol–water partition coefficient (Wildman–Crippen LogP) is 2.87. The van der Waals surface area contributed by atoms with Crippen LogP contribution in [0.3, 0.4) is 0 Å². The molecule has 2 aromatic heterocycles. The first kappa shape index (κ1) is 17.7. The number of fused-ring (bicyclic) bond motifs is 3. The van der Waals surface area contributed by atoms with Gasteiger partial charge in [0.25, 0.3) is 0 Å². The molecule has 0 bridgehead atoms. The lowest BCUT2D eigenvalue weighted by Gasteiger charge is -2.06. The summed E-state index contributed by atoms with van der Waals surface area (Å²) >= 11 is 0. The normalized spacial score (nSPS) is 11.0. The van der Waals surface area contributed by atoms with Crippen LogP contribution in [-0.2, 0) is 11.3 Å². The molecule has 1 aliphatic heterocycles. The van der Waals surface area contributed by atoms with Crippen molar-refractivity contribution in [3.05, 3.63) is 45.7 Å². The average molecular weight is 330 g/mol. The maximum Gasteiger partial charge on any atom is 0.343 e. The highest BCUT2D eigenvalue weighted by molar-refractivity contribution is 5.89. The van der Waals surface area contributed by atoms with Crippen molar-refractivity contribution in [1.82, 2.24) is 9.55 Å². The van der Waals surface area contributed by atoms with Crippen molar-refractivity contribution in [2.24, 2.45) is 0 Å². The van der Waals surface area contributed by atoms with Gasteiger partial charge in [0.15, 0.2) is 5.43 Å². The molecule has 6 heteroatoms. The van der Waals surface area contributed by atoms with Crippen LogP contribution < -0.4 is 10.2 Å². The number of ether oxygens (including phenoxy) is 2. The molecule has 0 radical (unpaired) electrons. The van der Waals surface area contributed by atoms with Gasteiger partial charge in [0.2, 0.25) is 5.88 Å². The molecule has 1 aliphatic rings. The molecule has 3 rings (SSSR count). The minimum absolute atomic E-state index is 0.0420. The van der Waals surface area contributed by atoms with E-state index >= 15 is 0 Å². The van der Waals surface area contributed by atoms with E-state index in [4.69, 9.17) is 9.47 Å². The summed E-state index contributed by atoms with van der Waals surface area (Å²) in [5.41, 5.74) is 2.05. The third-order valence-electron chi connectivity index (χ3n) is 3.37. The average Bonchev–Trinajstić information content (AvgIpc) is 2.91. The molecule has 6 nitrogen and oxygen atoms in total. The van der Waals surface area contributed by atoms with E-state index in [1.807, 2.05) is 10.6 Å². The molecule has 128 valence electrons. The zero-order valence-corrected chi connectivity index (χ0v) is 14.5. The van der Waals surface area contributed by atoms with Gasteiger partial charge in [0.05, 0.1) is 25.1 Å². The van der Waals surface area contributed by atoms with E-state index in [1.165, 1.54) is 18.7 Å². The van der Waals surface area contributed by atoms with Crippen molar-refractivity contribution in [1.29, 1.82) is 0 Å². The minimum Gasteiger partial charge on any atom is -0.481 e. The molecule has 0 aliphatic carbocycles. The Labute approximate surface area is 141 Å². The van der Waals surface area contributed by atoms with E-state index in [0.717, 1.165) is 5.56 Å². The summed E-state index contributed by atoms with van der Waals surface area (Å²) in [5, 5.41) is 0. The fraction of sp³-hybridized carbons (Fsp3) is 0.389. The van der Waals surface area contributed by atoms with E-state index < -0.39 is 5.97 Å². The maximum atomic E-state index is 12.1. The SMILES string of the molecule is CCC.CCOC(=O)c1cn2c(cc1=O)-c1nc(OC)ccc1C2. The summed E-state index contributed by atoms with van der Waals surface area (Å²) in [6.07, 6.45) is 2.78. The fourth-order valence-electron chi connectivity index (χ4n) is 2.39. The van der Waals surface area contributed by atoms with Crippen LogP contribution in [0.1, 0.15) is 43.1 Å². The molecule has 24 heavy (non-hydrogen) atoms. The van der Waals surface area contributed by atoms with Crippen LogP contribution in [0.15, 0.2) is 29.2 Å². The number of rotatable bonds is 3. The third-order valence-corrected chi connectivity index (χ3v) is 3.37. The Kier molecular flexibility index (Phi) is 5.73. The molecule has 0 atom stereocenters. The lowest BCUT2D eigenvalue weighted by Crippen LogP contribution is -2.19. The van der Waals surface area contributed by atoms with Gasteiger partial charge in [-0.15, -0.1) is 0 Å². The number of hydrogen-bond acceptors (Lipinski definition) is 5. The quantitative estimate of drug-likeness (QED) is 0.691. The molecule has 0 spiro atoms. The highest BCUT2D eigenvalue weighted by atomic mass is 16.5. The van der Waals surface area contributed by atoms with Gasteiger partial charge in [0.1, 0.15) is 5.56 Å². The second-order valence-electron chi connectivity index (χ2n) is 5.35. The summed E-state index contributed by atoms with van der Waals surface area (Å²) in [4.78, 5) is 28.2. The summed E-state index contributed by atoms with van der Waals surface area (Å²) in [7, 11) is 1.54. The second kappa shape index (κ2) is 7.77. The smallest absolute Gasteiger partial charge is 0.343 e. The van der Waals surface area contributed by atoms with Crippen LogP contribution in [0.2, 0.25) is 0 Å². The fourth-order valence-corrected chi connectivity index (χ4v) is 2.39. The number of nitrogens with zero attached hydrogens (tertiary/aromatic N) is 2. The first-order chi connectivity index (χ1) is 11.5. The minimum atomic E-state index is -0.598. The van der Waals surface area contributed by atoms with Gasteiger partial charge in [-0.1, -0.05) is 20.3 Å². The van der Waals surface area contributed by atoms with Gasteiger partial charge in [0, 0.05) is 24.9 Å². The molecule has 3 heterocycles. The molecule has 0 fully saturated rings. The number of methoxy groups -OCH3 is 1. The Morgan fingerprint density at radius 3 is 2.62 bits per heavy atom. The lowest BCUT2D eigenvalue weighted by molar-refractivity contribution is 0.0524. The zero-order valence-electron chi connectivity index (χ0n) is 14.5. The van der Waals surface area contributed by atoms with Crippen molar-refractivity contribution in [2.45, 2.75) is 33.7 Å². The van der Waals surface area contributed by atoms with Crippen LogP contribution >= 0.6 is 0 Å². The van der Waals surface area contributed by atoms with Crippen LogP contribution in [-0.4, -0.2) is 29.2 Å². The summed E-state index contributed by atoms with van der Waals surface area (Å²) in [6, 6.07) is 5.10. The van der Waals surface area contributed by atoms with Crippen molar-refractivity contribution in [3.63, 3.8) is 0 Å². The number of esters is 1. The van der Waals surface area contributed by atoms with Crippen LogP contribution in [0.5, 0.6) is 5.88 Å². The molecular weight excluding hydrogens is 308 g/mol. The third kappa shape index (κ3) is 3.48. The summed E-state index contributed by atoms with van der Waals surface area (Å²) in [6.45, 7) is 6.75. The number of carbonyl (C=O) groups is 1. The summed E-state index contributed by atoms with van der Waals surface area (Å²) < 4.78 is 11.8. The molecule has 0 saturated heterocycles. The first-order valence-corrected chi connectivity index (χ1v) is 8.01. The second-order valence-corrected chi connectivity index (χ2v) is 5.35. The van der Waals surface area contributed by atoms with Gasteiger partial charge in [-0.25, -0.2) is 9.78 Å². The predicted molar refractivity (Wildman–Crippen MR) is 91.5 cm³/mol. The Balaban J connectivity index is 0.000000647. The van der Waals surface area contributed by atoms with Crippen LogP contribution in [0, 0.1) is 0 Å². The lowest BCUT2D eigenvalue weighted by atomic mass is 10.2.